The average molecular weight is 420 g/mol. The molecule has 0 aliphatic heterocycles. The van der Waals surface area contributed by atoms with Gasteiger partial charge in [0.15, 0.2) is 0 Å². The van der Waals surface area contributed by atoms with E-state index in [9.17, 15) is 13.6 Å². The lowest BCUT2D eigenvalue weighted by atomic mass is 10.2. The fraction of sp³-hybridized carbons (Fsp3) is 0.400. The summed E-state index contributed by atoms with van der Waals surface area (Å²) in [5, 5.41) is 0.375. The first-order valence-corrected chi connectivity index (χ1v) is 6.91. The predicted octanol–water partition coefficient (Wildman–Crippen LogP) is 3.70. The number of halogens is 4. The molecule has 3 nitrogen and oxygen atoms in total. The van der Waals surface area contributed by atoms with Gasteiger partial charge in [0, 0.05) is 8.90 Å². The smallest absolute Gasteiger partial charge is 0.356 e. The third-order valence-electron chi connectivity index (χ3n) is 1.89. The Morgan fingerprint density at radius 3 is 2.76 bits per heavy atom. The molecule has 1 heterocycles. The van der Waals surface area contributed by atoms with E-state index in [1.807, 2.05) is 0 Å². The molecule has 0 N–H and O–H groups in total. The number of alkyl halides is 3. The number of carbonyl (C=O) groups excluding carboxylic acids is 1. The van der Waals surface area contributed by atoms with Crippen molar-refractivity contribution in [2.45, 2.75) is 18.7 Å². The van der Waals surface area contributed by atoms with E-state index in [0.29, 0.717) is 14.5 Å². The second-order valence-corrected chi connectivity index (χ2v) is 4.66. The standard InChI is InChI=1S/C10H9BrF2INO2/c1-2-17-10(16)6-3-5(4-11)7(14)8(15-6)9(12)13/h3,9H,2,4H2,1H3. The first kappa shape index (κ1) is 14.7. The molecular weight excluding hydrogens is 411 g/mol. The number of hydrogen-bond acceptors (Lipinski definition) is 3. The molecule has 0 spiro atoms. The van der Waals surface area contributed by atoms with E-state index in [0.717, 1.165) is 0 Å². The van der Waals surface area contributed by atoms with Crippen LogP contribution in [0.1, 0.15) is 35.1 Å². The lowest BCUT2D eigenvalue weighted by Crippen LogP contribution is -2.11. The van der Waals surface area contributed by atoms with Crippen LogP contribution in [0.3, 0.4) is 0 Å². The second kappa shape index (κ2) is 6.58. The van der Waals surface area contributed by atoms with Crippen LogP contribution in [0, 0.1) is 3.57 Å². The van der Waals surface area contributed by atoms with E-state index < -0.39 is 12.4 Å². The van der Waals surface area contributed by atoms with Gasteiger partial charge in [-0.1, -0.05) is 15.9 Å². The lowest BCUT2D eigenvalue weighted by Gasteiger charge is -2.09. The number of rotatable bonds is 4. The molecule has 17 heavy (non-hydrogen) atoms. The Kier molecular flexibility index (Phi) is 5.71. The quantitative estimate of drug-likeness (QED) is 0.424. The maximum Gasteiger partial charge on any atom is 0.356 e. The zero-order chi connectivity index (χ0) is 13.0. The van der Waals surface area contributed by atoms with E-state index >= 15 is 0 Å². The predicted molar refractivity (Wildman–Crippen MR) is 70.5 cm³/mol. The van der Waals surface area contributed by atoms with Crippen LogP contribution in [0.2, 0.25) is 0 Å². The number of hydrogen-bond donors (Lipinski definition) is 0. The first-order valence-electron chi connectivity index (χ1n) is 4.71. The monoisotopic (exact) mass is 419 g/mol. The van der Waals surface area contributed by atoms with E-state index in [2.05, 4.69) is 20.9 Å². The van der Waals surface area contributed by atoms with Crippen LogP contribution in [0.5, 0.6) is 0 Å². The Labute approximate surface area is 119 Å². The van der Waals surface area contributed by atoms with Crippen LogP contribution >= 0.6 is 38.5 Å². The number of carbonyl (C=O) groups is 1. The first-order chi connectivity index (χ1) is 8.01. The van der Waals surface area contributed by atoms with Gasteiger partial charge in [-0.05, 0) is 41.1 Å². The number of esters is 1. The van der Waals surface area contributed by atoms with Gasteiger partial charge in [-0.15, -0.1) is 0 Å². The molecule has 1 aromatic heterocycles. The molecule has 7 heteroatoms. The summed E-state index contributed by atoms with van der Waals surface area (Å²) >= 11 is 4.98. The van der Waals surface area contributed by atoms with Crippen molar-refractivity contribution in [2.24, 2.45) is 0 Å². The molecule has 0 atom stereocenters. The topological polar surface area (TPSA) is 39.2 Å². The third-order valence-corrected chi connectivity index (χ3v) is 3.74. The highest BCUT2D eigenvalue weighted by molar-refractivity contribution is 14.1. The molecule has 94 valence electrons. The Morgan fingerprint density at radius 2 is 2.29 bits per heavy atom. The molecule has 0 amide bonds. The molecule has 0 aromatic carbocycles. The van der Waals surface area contributed by atoms with Gasteiger partial charge in [0.2, 0.25) is 0 Å². The van der Waals surface area contributed by atoms with E-state index in [1.54, 1.807) is 29.5 Å². The minimum Gasteiger partial charge on any atom is -0.461 e. The number of ether oxygens (including phenoxy) is 1. The second-order valence-electron chi connectivity index (χ2n) is 3.02. The average Bonchev–Trinajstić information content (AvgIpc) is 2.29. The summed E-state index contributed by atoms with van der Waals surface area (Å²) in [5.74, 6) is -0.687. The van der Waals surface area contributed by atoms with E-state index in [-0.39, 0.29) is 18.0 Å². The molecule has 0 unspecified atom stereocenters. The number of nitrogens with zero attached hydrogens (tertiary/aromatic N) is 1. The maximum absolute atomic E-state index is 12.7. The summed E-state index contributed by atoms with van der Waals surface area (Å²) < 4.78 is 30.6. The van der Waals surface area contributed by atoms with Gasteiger partial charge in [0.05, 0.1) is 6.61 Å². The molecule has 0 bridgehead atoms. The fourth-order valence-corrected chi connectivity index (χ4v) is 2.82. The van der Waals surface area contributed by atoms with Gasteiger partial charge in [-0.25, -0.2) is 18.6 Å². The zero-order valence-corrected chi connectivity index (χ0v) is 12.6. The Bertz CT molecular complexity index is 429. The van der Waals surface area contributed by atoms with E-state index in [4.69, 9.17) is 4.74 Å². The molecule has 0 fully saturated rings. The van der Waals surface area contributed by atoms with Crippen molar-refractivity contribution in [1.29, 1.82) is 0 Å². The largest absolute Gasteiger partial charge is 0.461 e. The Hall–Kier alpha value is -0.310. The SMILES string of the molecule is CCOC(=O)c1cc(CBr)c(I)c(C(F)F)n1. The van der Waals surface area contributed by atoms with Crippen LogP contribution < -0.4 is 0 Å². The molecule has 1 rings (SSSR count). The van der Waals surface area contributed by atoms with Crippen LogP contribution in [0.4, 0.5) is 8.78 Å². The Balaban J connectivity index is 3.25. The van der Waals surface area contributed by atoms with Crippen LogP contribution in [0.25, 0.3) is 0 Å². The van der Waals surface area contributed by atoms with Crippen molar-refractivity contribution in [2.75, 3.05) is 6.61 Å². The van der Waals surface area contributed by atoms with Gasteiger partial charge in [-0.3, -0.25) is 0 Å². The number of pyridine rings is 1. The van der Waals surface area contributed by atoms with Gasteiger partial charge in [0.1, 0.15) is 11.4 Å². The fourth-order valence-electron chi connectivity index (χ4n) is 1.16. The van der Waals surface area contributed by atoms with Crippen LogP contribution in [-0.2, 0) is 10.1 Å². The summed E-state index contributed by atoms with van der Waals surface area (Å²) in [6.45, 7) is 1.82. The van der Waals surface area contributed by atoms with E-state index in [1.165, 1.54) is 6.07 Å². The van der Waals surface area contributed by atoms with Crippen molar-refractivity contribution >= 4 is 44.5 Å². The van der Waals surface area contributed by atoms with Gasteiger partial charge in [-0.2, -0.15) is 0 Å². The molecule has 0 saturated heterocycles. The van der Waals surface area contributed by atoms with Crippen molar-refractivity contribution in [3.05, 3.63) is 26.6 Å². The molecule has 0 aliphatic rings. The highest BCUT2D eigenvalue weighted by atomic mass is 127. The van der Waals surface area contributed by atoms with Crippen molar-refractivity contribution in [3.63, 3.8) is 0 Å². The summed E-state index contributed by atoms with van der Waals surface area (Å²) in [6.07, 6.45) is -2.71. The summed E-state index contributed by atoms with van der Waals surface area (Å²) in [7, 11) is 0. The lowest BCUT2D eigenvalue weighted by molar-refractivity contribution is 0.0517. The molecule has 0 saturated carbocycles. The van der Waals surface area contributed by atoms with Gasteiger partial charge in [0.25, 0.3) is 6.43 Å². The number of aromatic nitrogens is 1. The van der Waals surface area contributed by atoms with Crippen molar-refractivity contribution in [3.8, 4) is 0 Å². The highest BCUT2D eigenvalue weighted by Gasteiger charge is 2.20. The zero-order valence-electron chi connectivity index (χ0n) is 8.84. The Morgan fingerprint density at radius 1 is 1.65 bits per heavy atom. The van der Waals surface area contributed by atoms with Crippen molar-refractivity contribution < 1.29 is 18.3 Å². The minimum absolute atomic E-state index is 0.0861. The molecule has 0 radical (unpaired) electrons. The molecule has 1 aromatic rings. The normalized spacial score (nSPS) is 10.7. The third kappa shape index (κ3) is 3.57. The summed E-state index contributed by atoms with van der Waals surface area (Å²) in [5.41, 5.74) is 0.126. The van der Waals surface area contributed by atoms with Crippen LogP contribution in [0.15, 0.2) is 6.07 Å². The molecular formula is C10H9BrF2INO2. The van der Waals surface area contributed by atoms with Gasteiger partial charge < -0.3 is 4.74 Å². The minimum atomic E-state index is -2.71. The van der Waals surface area contributed by atoms with Crippen molar-refractivity contribution in [1.82, 2.24) is 4.98 Å². The maximum atomic E-state index is 12.7. The summed E-state index contributed by atoms with van der Waals surface area (Å²) in [4.78, 5) is 15.1. The van der Waals surface area contributed by atoms with Gasteiger partial charge >= 0.3 is 5.97 Å². The summed E-state index contributed by atoms with van der Waals surface area (Å²) in [6, 6.07) is 1.46. The molecule has 0 aliphatic carbocycles. The van der Waals surface area contributed by atoms with Crippen LogP contribution in [-0.4, -0.2) is 17.6 Å². The highest BCUT2D eigenvalue weighted by Crippen LogP contribution is 2.27.